The summed E-state index contributed by atoms with van der Waals surface area (Å²) in [5.74, 6) is -0.557. The van der Waals surface area contributed by atoms with Crippen LogP contribution in [-0.4, -0.2) is 18.3 Å². The summed E-state index contributed by atoms with van der Waals surface area (Å²) in [6.07, 6.45) is 1.23. The second-order valence-corrected chi connectivity index (χ2v) is 2.81. The van der Waals surface area contributed by atoms with Gasteiger partial charge in [-0.3, -0.25) is 0 Å². The number of benzene rings is 1. The lowest BCUT2D eigenvalue weighted by molar-refractivity contribution is 0.146. The lowest BCUT2D eigenvalue weighted by Gasteiger charge is -2.00. The smallest absolute Gasteiger partial charge is 0.124 e. The average molecular weight is 196 g/mol. The molecule has 1 rings (SSSR count). The SMILES string of the molecule is OCC(F)=CCOCc1ccccc1. The maximum Gasteiger partial charge on any atom is 0.124 e. The molecule has 0 fully saturated rings. The number of halogens is 1. The van der Waals surface area contributed by atoms with Gasteiger partial charge in [0.2, 0.25) is 0 Å². The van der Waals surface area contributed by atoms with Crippen molar-refractivity contribution in [3.63, 3.8) is 0 Å². The Kier molecular flexibility index (Phi) is 4.89. The predicted octanol–water partition coefficient (Wildman–Crippen LogP) is 2.05. The molecule has 76 valence electrons. The van der Waals surface area contributed by atoms with E-state index < -0.39 is 12.4 Å². The highest BCUT2D eigenvalue weighted by Crippen LogP contribution is 2.01. The number of aliphatic hydroxyl groups excluding tert-OH is 1. The first-order valence-corrected chi connectivity index (χ1v) is 4.40. The molecule has 0 spiro atoms. The van der Waals surface area contributed by atoms with E-state index in [1.54, 1.807) is 0 Å². The van der Waals surface area contributed by atoms with Crippen molar-refractivity contribution in [3.05, 3.63) is 47.8 Å². The molecule has 3 heteroatoms. The summed E-state index contributed by atoms with van der Waals surface area (Å²) in [6, 6.07) is 9.64. The van der Waals surface area contributed by atoms with Gasteiger partial charge in [-0.1, -0.05) is 30.3 Å². The summed E-state index contributed by atoms with van der Waals surface area (Å²) in [6.45, 7) is 0.0754. The second kappa shape index (κ2) is 6.29. The number of ether oxygens (including phenoxy) is 1. The molecule has 0 atom stereocenters. The van der Waals surface area contributed by atoms with Crippen molar-refractivity contribution < 1.29 is 14.2 Å². The van der Waals surface area contributed by atoms with Crippen LogP contribution in [0.3, 0.4) is 0 Å². The highest BCUT2D eigenvalue weighted by Gasteiger charge is 1.92. The molecule has 0 radical (unpaired) electrons. The molecule has 0 aliphatic carbocycles. The van der Waals surface area contributed by atoms with Crippen LogP contribution in [0.5, 0.6) is 0 Å². The molecule has 0 aliphatic heterocycles. The van der Waals surface area contributed by atoms with Crippen LogP contribution >= 0.6 is 0 Å². The normalized spacial score (nSPS) is 11.7. The number of hydrogen-bond acceptors (Lipinski definition) is 2. The Morgan fingerprint density at radius 1 is 1.36 bits per heavy atom. The van der Waals surface area contributed by atoms with E-state index in [0.29, 0.717) is 6.61 Å². The molecule has 0 bridgehead atoms. The third-order valence-electron chi connectivity index (χ3n) is 1.69. The minimum atomic E-state index is -0.561. The molecule has 2 nitrogen and oxygen atoms in total. The molecule has 14 heavy (non-hydrogen) atoms. The Bertz CT molecular complexity index is 283. The molecule has 0 amide bonds. The Labute approximate surface area is 82.6 Å². The topological polar surface area (TPSA) is 29.5 Å². The first-order valence-electron chi connectivity index (χ1n) is 4.40. The van der Waals surface area contributed by atoms with Crippen LogP contribution in [0.4, 0.5) is 4.39 Å². The molecule has 0 aliphatic rings. The van der Waals surface area contributed by atoms with Crippen LogP contribution in [0, 0.1) is 0 Å². The monoisotopic (exact) mass is 196 g/mol. The maximum atomic E-state index is 12.4. The van der Waals surface area contributed by atoms with Gasteiger partial charge < -0.3 is 9.84 Å². The molecular weight excluding hydrogens is 183 g/mol. The van der Waals surface area contributed by atoms with Crippen molar-refractivity contribution in [2.75, 3.05) is 13.2 Å². The zero-order chi connectivity index (χ0) is 10.2. The summed E-state index contributed by atoms with van der Waals surface area (Å²) < 4.78 is 17.6. The highest BCUT2D eigenvalue weighted by atomic mass is 19.1. The van der Waals surface area contributed by atoms with E-state index in [1.165, 1.54) is 6.08 Å². The third kappa shape index (κ3) is 4.16. The van der Waals surface area contributed by atoms with Gasteiger partial charge in [-0.2, -0.15) is 0 Å². The van der Waals surface area contributed by atoms with E-state index in [2.05, 4.69) is 0 Å². The zero-order valence-electron chi connectivity index (χ0n) is 7.82. The first-order chi connectivity index (χ1) is 6.83. The van der Waals surface area contributed by atoms with Crippen molar-refractivity contribution >= 4 is 0 Å². The van der Waals surface area contributed by atoms with Gasteiger partial charge in [0.1, 0.15) is 5.83 Å². The average Bonchev–Trinajstić information content (AvgIpc) is 2.25. The van der Waals surface area contributed by atoms with E-state index in [0.717, 1.165) is 5.56 Å². The van der Waals surface area contributed by atoms with Gasteiger partial charge in [0.25, 0.3) is 0 Å². The van der Waals surface area contributed by atoms with E-state index in [-0.39, 0.29) is 6.61 Å². The zero-order valence-corrected chi connectivity index (χ0v) is 7.82. The summed E-state index contributed by atoms with van der Waals surface area (Å²) in [4.78, 5) is 0. The quantitative estimate of drug-likeness (QED) is 0.730. The number of hydrogen-bond donors (Lipinski definition) is 1. The van der Waals surface area contributed by atoms with Gasteiger partial charge in [-0.15, -0.1) is 0 Å². The van der Waals surface area contributed by atoms with E-state index >= 15 is 0 Å². The van der Waals surface area contributed by atoms with E-state index in [1.807, 2.05) is 30.3 Å². The van der Waals surface area contributed by atoms with Gasteiger partial charge >= 0.3 is 0 Å². The highest BCUT2D eigenvalue weighted by molar-refractivity contribution is 5.13. The van der Waals surface area contributed by atoms with Crippen LogP contribution in [0.2, 0.25) is 0 Å². The molecule has 1 N–H and O–H groups in total. The lowest BCUT2D eigenvalue weighted by atomic mass is 10.2. The Balaban J connectivity index is 2.23. The van der Waals surface area contributed by atoms with Gasteiger partial charge in [0.15, 0.2) is 0 Å². The van der Waals surface area contributed by atoms with Crippen molar-refractivity contribution in [3.8, 4) is 0 Å². The molecule has 0 saturated heterocycles. The predicted molar refractivity (Wildman–Crippen MR) is 52.4 cm³/mol. The molecule has 0 aromatic heterocycles. The van der Waals surface area contributed by atoms with Crippen molar-refractivity contribution in [2.24, 2.45) is 0 Å². The van der Waals surface area contributed by atoms with Gasteiger partial charge in [0.05, 0.1) is 19.8 Å². The molecule has 1 aromatic carbocycles. The van der Waals surface area contributed by atoms with Crippen LogP contribution in [0.15, 0.2) is 42.2 Å². The van der Waals surface area contributed by atoms with Crippen LogP contribution in [0.1, 0.15) is 5.56 Å². The Hall–Kier alpha value is -1.19. The number of aliphatic hydroxyl groups is 1. The lowest BCUT2D eigenvalue weighted by Crippen LogP contribution is -1.94. The van der Waals surface area contributed by atoms with Crippen molar-refractivity contribution in [1.82, 2.24) is 0 Å². The summed E-state index contributed by atoms with van der Waals surface area (Å²) >= 11 is 0. The summed E-state index contributed by atoms with van der Waals surface area (Å²) in [7, 11) is 0. The number of rotatable bonds is 5. The largest absolute Gasteiger partial charge is 0.389 e. The Morgan fingerprint density at radius 2 is 2.07 bits per heavy atom. The standard InChI is InChI=1S/C11H13FO2/c12-11(8-13)6-7-14-9-10-4-2-1-3-5-10/h1-6,13H,7-9H2. The summed E-state index contributed by atoms with van der Waals surface area (Å²) in [5.41, 5.74) is 1.05. The fraction of sp³-hybridized carbons (Fsp3) is 0.273. The maximum absolute atomic E-state index is 12.4. The van der Waals surface area contributed by atoms with Crippen molar-refractivity contribution in [1.29, 1.82) is 0 Å². The van der Waals surface area contributed by atoms with Crippen LogP contribution in [-0.2, 0) is 11.3 Å². The van der Waals surface area contributed by atoms with Gasteiger partial charge in [0, 0.05) is 0 Å². The van der Waals surface area contributed by atoms with Crippen LogP contribution < -0.4 is 0 Å². The minimum Gasteiger partial charge on any atom is -0.389 e. The molecule has 0 saturated carbocycles. The van der Waals surface area contributed by atoms with Gasteiger partial charge in [-0.25, -0.2) is 4.39 Å². The molecule has 0 heterocycles. The van der Waals surface area contributed by atoms with Gasteiger partial charge in [-0.05, 0) is 11.6 Å². The second-order valence-electron chi connectivity index (χ2n) is 2.81. The fourth-order valence-electron chi connectivity index (χ4n) is 0.965. The first kappa shape index (κ1) is 10.9. The molecular formula is C11H13FO2. The summed E-state index contributed by atoms with van der Waals surface area (Å²) in [5, 5.41) is 8.35. The van der Waals surface area contributed by atoms with E-state index in [4.69, 9.17) is 9.84 Å². The molecule has 0 unspecified atom stereocenters. The fourth-order valence-corrected chi connectivity index (χ4v) is 0.965. The Morgan fingerprint density at radius 3 is 2.71 bits per heavy atom. The third-order valence-corrected chi connectivity index (χ3v) is 1.69. The van der Waals surface area contributed by atoms with Crippen molar-refractivity contribution in [2.45, 2.75) is 6.61 Å². The van der Waals surface area contributed by atoms with E-state index in [9.17, 15) is 4.39 Å². The minimum absolute atomic E-state index is 0.182. The molecule has 1 aromatic rings. The van der Waals surface area contributed by atoms with Crippen LogP contribution in [0.25, 0.3) is 0 Å².